The molecule has 1 saturated heterocycles. The molecule has 0 aromatic carbocycles. The summed E-state index contributed by atoms with van der Waals surface area (Å²) in [6, 6.07) is 2.78. The highest BCUT2D eigenvalue weighted by Crippen LogP contribution is 2.37. The van der Waals surface area contributed by atoms with Crippen LogP contribution in [0.2, 0.25) is 0 Å². The smallest absolute Gasteiger partial charge is 0.354 e. The molecular formula is C30H51F2N3O4. The maximum Gasteiger partial charge on any atom is 0.354 e. The van der Waals surface area contributed by atoms with Crippen molar-refractivity contribution >= 4 is 11.7 Å². The summed E-state index contributed by atoms with van der Waals surface area (Å²) in [6.07, 6.45) is 13.3. The number of aromatic carboxylic acids is 1. The van der Waals surface area contributed by atoms with Gasteiger partial charge in [-0.3, -0.25) is 4.90 Å². The van der Waals surface area contributed by atoms with E-state index in [9.17, 15) is 13.6 Å². The molecule has 1 aliphatic carbocycles. The molecule has 0 unspecified atom stereocenters. The fraction of sp³-hybridized carbons (Fsp3) is 0.800. The highest BCUT2D eigenvalue weighted by atomic mass is 19.3. The normalized spacial score (nSPS) is 16.5. The van der Waals surface area contributed by atoms with Crippen molar-refractivity contribution in [3.63, 3.8) is 0 Å². The van der Waals surface area contributed by atoms with E-state index < -0.39 is 11.9 Å². The Morgan fingerprint density at radius 3 is 2.21 bits per heavy atom. The maximum atomic E-state index is 12.9. The second-order valence-corrected chi connectivity index (χ2v) is 11.9. The third-order valence-electron chi connectivity index (χ3n) is 7.19. The van der Waals surface area contributed by atoms with Gasteiger partial charge in [-0.05, 0) is 64.6 Å². The average molecular weight is 556 g/mol. The van der Waals surface area contributed by atoms with Crippen LogP contribution in [0.15, 0.2) is 12.1 Å². The van der Waals surface area contributed by atoms with E-state index >= 15 is 0 Å². The quantitative estimate of drug-likeness (QED) is 0.210. The Kier molecular flexibility index (Phi) is 13.9. The van der Waals surface area contributed by atoms with Crippen LogP contribution >= 0.6 is 0 Å². The number of aromatic nitrogens is 1. The van der Waals surface area contributed by atoms with Gasteiger partial charge in [-0.25, -0.2) is 18.6 Å². The number of rotatable bonds is 17. The van der Waals surface area contributed by atoms with E-state index in [0.717, 1.165) is 26.0 Å². The zero-order valence-corrected chi connectivity index (χ0v) is 24.8. The molecule has 1 aromatic heterocycles. The van der Waals surface area contributed by atoms with Crippen molar-refractivity contribution in [2.45, 2.75) is 103 Å². The topological polar surface area (TPSA) is 75.1 Å². The first-order valence-electron chi connectivity index (χ1n) is 14.7. The largest absolute Gasteiger partial charge is 0.477 e. The minimum Gasteiger partial charge on any atom is -0.477 e. The Hall–Kier alpha value is -2.00. The molecule has 0 radical (unpaired) electrons. The number of hydrogen-bond donors (Lipinski definition) is 1. The first-order chi connectivity index (χ1) is 18.5. The highest BCUT2D eigenvalue weighted by Gasteiger charge is 2.45. The van der Waals surface area contributed by atoms with Gasteiger partial charge in [0.2, 0.25) is 5.88 Å². The van der Waals surface area contributed by atoms with Gasteiger partial charge in [0.1, 0.15) is 5.69 Å². The Morgan fingerprint density at radius 1 is 1.08 bits per heavy atom. The fourth-order valence-electron chi connectivity index (χ4n) is 4.48. The zero-order chi connectivity index (χ0) is 28.9. The Balaban J connectivity index is 0.000000274. The number of carbonyl (C=O) groups is 1. The standard InChI is InChI=1S/C17H37NO.C13H14F2N2O3/c1-6-7-8-9-10-11-12-13-14-18(15-16-19-5)17(2,3)4;14-13(15)6-17(7-13)10-4-3-9(12(18)19)16-11(10)20-5-8-1-2-8/h6-16H2,1-5H3;3-4,8H,1-2,5-7H2,(H,18,19). The molecule has 0 bridgehead atoms. The van der Waals surface area contributed by atoms with Crippen molar-refractivity contribution in [1.82, 2.24) is 9.88 Å². The van der Waals surface area contributed by atoms with E-state index in [2.05, 4.69) is 37.6 Å². The molecule has 39 heavy (non-hydrogen) atoms. The Labute approximate surface area is 234 Å². The van der Waals surface area contributed by atoms with Gasteiger partial charge in [0.25, 0.3) is 5.92 Å². The van der Waals surface area contributed by atoms with Gasteiger partial charge >= 0.3 is 5.97 Å². The molecule has 0 spiro atoms. The average Bonchev–Trinajstić information content (AvgIpc) is 3.68. The second kappa shape index (κ2) is 16.3. The minimum atomic E-state index is -2.70. The van der Waals surface area contributed by atoms with Crippen molar-refractivity contribution in [3.8, 4) is 5.88 Å². The SMILES string of the molecule is CCCCCCCCCCN(CCOC)C(C)(C)C.O=C(O)c1ccc(N2CC(F)(F)C2)c(OCC2CC2)n1. The van der Waals surface area contributed by atoms with Crippen LogP contribution in [-0.2, 0) is 4.74 Å². The molecular weight excluding hydrogens is 504 g/mol. The Bertz CT molecular complexity index is 851. The van der Waals surface area contributed by atoms with E-state index in [1.807, 2.05) is 0 Å². The molecule has 0 amide bonds. The number of carboxylic acids is 1. The van der Waals surface area contributed by atoms with Crippen LogP contribution in [0.1, 0.15) is 102 Å². The van der Waals surface area contributed by atoms with Crippen LogP contribution in [0.4, 0.5) is 14.5 Å². The van der Waals surface area contributed by atoms with E-state index in [0.29, 0.717) is 18.2 Å². The van der Waals surface area contributed by atoms with Crippen LogP contribution in [0.5, 0.6) is 5.88 Å². The lowest BCUT2D eigenvalue weighted by atomic mass is 10.0. The third-order valence-corrected chi connectivity index (χ3v) is 7.19. The molecule has 7 nitrogen and oxygen atoms in total. The van der Waals surface area contributed by atoms with Gasteiger partial charge in [-0.15, -0.1) is 0 Å². The summed E-state index contributed by atoms with van der Waals surface area (Å²) < 4.78 is 36.6. The number of pyridine rings is 1. The lowest BCUT2D eigenvalue weighted by Crippen LogP contribution is -2.56. The first-order valence-corrected chi connectivity index (χ1v) is 14.7. The minimum absolute atomic E-state index is 0.132. The van der Waals surface area contributed by atoms with Gasteiger partial charge in [0.05, 0.1) is 26.3 Å². The number of carboxylic acid groups (broad SMARTS) is 1. The molecule has 2 heterocycles. The number of alkyl halides is 2. The first kappa shape index (κ1) is 33.2. The molecule has 1 aromatic rings. The van der Waals surface area contributed by atoms with Gasteiger partial charge in [-0.2, -0.15) is 0 Å². The summed E-state index contributed by atoms with van der Waals surface area (Å²) >= 11 is 0. The van der Waals surface area contributed by atoms with Crippen molar-refractivity contribution < 1.29 is 28.2 Å². The van der Waals surface area contributed by atoms with E-state index in [1.165, 1.54) is 74.9 Å². The molecule has 0 atom stereocenters. The van der Waals surface area contributed by atoms with Gasteiger partial charge in [0, 0.05) is 19.2 Å². The molecule has 1 saturated carbocycles. The number of anilines is 1. The third kappa shape index (κ3) is 12.8. The number of ether oxygens (including phenoxy) is 2. The maximum absolute atomic E-state index is 12.9. The van der Waals surface area contributed by atoms with Gasteiger partial charge in [0.15, 0.2) is 5.69 Å². The van der Waals surface area contributed by atoms with Crippen molar-refractivity contribution in [1.29, 1.82) is 0 Å². The molecule has 2 aliphatic rings. The summed E-state index contributed by atoms with van der Waals surface area (Å²) in [5.41, 5.74) is 0.549. The van der Waals surface area contributed by atoms with E-state index in [1.54, 1.807) is 7.11 Å². The summed E-state index contributed by atoms with van der Waals surface area (Å²) in [4.78, 5) is 18.8. The van der Waals surface area contributed by atoms with Crippen LogP contribution in [0, 0.1) is 5.92 Å². The van der Waals surface area contributed by atoms with Crippen LogP contribution in [-0.4, -0.2) is 78.9 Å². The van der Waals surface area contributed by atoms with Crippen molar-refractivity contribution in [2.24, 2.45) is 5.92 Å². The fourth-order valence-corrected chi connectivity index (χ4v) is 4.48. The molecule has 1 N–H and O–H groups in total. The number of hydrogen-bond acceptors (Lipinski definition) is 6. The van der Waals surface area contributed by atoms with Crippen molar-refractivity contribution in [2.75, 3.05) is 51.4 Å². The van der Waals surface area contributed by atoms with Gasteiger partial charge < -0.3 is 19.5 Å². The predicted molar refractivity (Wildman–Crippen MR) is 152 cm³/mol. The molecule has 1 aliphatic heterocycles. The van der Waals surface area contributed by atoms with Crippen molar-refractivity contribution in [3.05, 3.63) is 17.8 Å². The lowest BCUT2D eigenvalue weighted by Gasteiger charge is -2.40. The molecule has 224 valence electrons. The molecule has 9 heteroatoms. The number of methoxy groups -OCH3 is 1. The predicted octanol–water partition coefficient (Wildman–Crippen LogP) is 6.90. The molecule has 3 rings (SSSR count). The Morgan fingerprint density at radius 2 is 1.69 bits per heavy atom. The van der Waals surface area contributed by atoms with E-state index in [4.69, 9.17) is 14.6 Å². The number of nitrogens with zero attached hydrogens (tertiary/aromatic N) is 3. The highest BCUT2D eigenvalue weighted by molar-refractivity contribution is 5.86. The summed E-state index contributed by atoms with van der Waals surface area (Å²) in [6.45, 7) is 12.0. The number of halogens is 2. The van der Waals surface area contributed by atoms with E-state index in [-0.39, 0.29) is 30.2 Å². The number of unbranched alkanes of at least 4 members (excludes halogenated alkanes) is 7. The van der Waals surface area contributed by atoms with Gasteiger partial charge in [-0.1, -0.05) is 51.9 Å². The zero-order valence-electron chi connectivity index (χ0n) is 24.8. The monoisotopic (exact) mass is 555 g/mol. The second-order valence-electron chi connectivity index (χ2n) is 11.9. The van der Waals surface area contributed by atoms with Crippen LogP contribution in [0.25, 0.3) is 0 Å². The summed E-state index contributed by atoms with van der Waals surface area (Å²) in [5, 5.41) is 8.93. The lowest BCUT2D eigenvalue weighted by molar-refractivity contribution is -0.0265. The summed E-state index contributed by atoms with van der Waals surface area (Å²) in [7, 11) is 1.79. The summed E-state index contributed by atoms with van der Waals surface area (Å²) in [5.74, 6) is -3.26. The molecule has 2 fully saturated rings. The van der Waals surface area contributed by atoms with Crippen LogP contribution in [0.3, 0.4) is 0 Å². The van der Waals surface area contributed by atoms with Crippen LogP contribution < -0.4 is 9.64 Å².